The molecule has 28 heavy (non-hydrogen) atoms. The second-order valence-corrected chi connectivity index (χ2v) is 8.72. The minimum absolute atomic E-state index is 0.00777. The summed E-state index contributed by atoms with van der Waals surface area (Å²) in [4.78, 5) is 18.5. The predicted octanol–water partition coefficient (Wildman–Crippen LogP) is 3.25. The summed E-state index contributed by atoms with van der Waals surface area (Å²) in [7, 11) is 0. The van der Waals surface area contributed by atoms with Gasteiger partial charge in [-0.2, -0.15) is 5.26 Å². The molecule has 0 spiro atoms. The molecule has 1 N–H and O–H groups in total. The van der Waals surface area contributed by atoms with Crippen LogP contribution in [0.2, 0.25) is 0 Å². The molecule has 1 aliphatic carbocycles. The number of amides is 1. The molecule has 0 atom stereocenters. The average Bonchev–Trinajstić information content (AvgIpc) is 3.07. The minimum atomic E-state index is -0.00777. The molecule has 1 aromatic carbocycles. The third kappa shape index (κ3) is 4.44. The number of benzene rings is 1. The van der Waals surface area contributed by atoms with Crippen LogP contribution in [0.1, 0.15) is 34.4 Å². The SMILES string of the molecule is N#Cc1c(NC(=O)CN2CCN(Cc3ccccc3)CC2)sc2c1CCCC2. The van der Waals surface area contributed by atoms with Crippen LogP contribution < -0.4 is 5.32 Å². The van der Waals surface area contributed by atoms with Crippen molar-refractivity contribution in [3.63, 3.8) is 0 Å². The highest BCUT2D eigenvalue weighted by Gasteiger charge is 2.23. The average molecular weight is 395 g/mol. The number of piperazine rings is 1. The summed E-state index contributed by atoms with van der Waals surface area (Å²) in [5, 5.41) is 13.3. The Bertz CT molecular complexity index is 863. The first kappa shape index (κ1) is 19.1. The quantitative estimate of drug-likeness (QED) is 0.846. The normalized spacial score (nSPS) is 17.7. The van der Waals surface area contributed by atoms with Gasteiger partial charge in [0, 0.05) is 37.6 Å². The summed E-state index contributed by atoms with van der Waals surface area (Å²) in [6, 6.07) is 12.8. The van der Waals surface area contributed by atoms with Gasteiger partial charge in [-0.05, 0) is 36.8 Å². The van der Waals surface area contributed by atoms with Gasteiger partial charge in [0.2, 0.25) is 5.91 Å². The number of nitrogens with zero attached hydrogens (tertiary/aromatic N) is 3. The van der Waals surface area contributed by atoms with Crippen molar-refractivity contribution in [3.8, 4) is 6.07 Å². The predicted molar refractivity (Wildman–Crippen MR) is 112 cm³/mol. The van der Waals surface area contributed by atoms with Gasteiger partial charge in [-0.3, -0.25) is 14.6 Å². The van der Waals surface area contributed by atoms with E-state index in [1.165, 1.54) is 22.4 Å². The van der Waals surface area contributed by atoms with Crippen molar-refractivity contribution in [2.24, 2.45) is 0 Å². The van der Waals surface area contributed by atoms with Crippen LogP contribution in [0.15, 0.2) is 30.3 Å². The molecule has 1 saturated heterocycles. The molecule has 2 heterocycles. The van der Waals surface area contributed by atoms with Gasteiger partial charge in [0.15, 0.2) is 0 Å². The summed E-state index contributed by atoms with van der Waals surface area (Å²) < 4.78 is 0. The summed E-state index contributed by atoms with van der Waals surface area (Å²) in [6.07, 6.45) is 4.32. The second kappa shape index (κ2) is 8.87. The van der Waals surface area contributed by atoms with E-state index in [1.54, 1.807) is 11.3 Å². The molecular formula is C22H26N4OS. The fourth-order valence-corrected chi connectivity index (χ4v) is 5.34. The summed E-state index contributed by atoms with van der Waals surface area (Å²) in [6.45, 7) is 5.09. The second-order valence-electron chi connectivity index (χ2n) is 7.61. The standard InChI is InChI=1S/C22H26N4OS/c23-14-19-18-8-4-5-9-20(18)28-22(19)24-21(27)16-26-12-10-25(11-13-26)15-17-6-2-1-3-7-17/h1-3,6-7H,4-5,8-13,15-16H2,(H,24,27). The van der Waals surface area contributed by atoms with Crippen molar-refractivity contribution in [3.05, 3.63) is 51.9 Å². The molecule has 5 nitrogen and oxygen atoms in total. The van der Waals surface area contributed by atoms with Crippen molar-refractivity contribution in [2.45, 2.75) is 32.2 Å². The molecule has 1 fully saturated rings. The number of aryl methyl sites for hydroxylation is 1. The summed E-state index contributed by atoms with van der Waals surface area (Å²) in [5.41, 5.74) is 3.20. The van der Waals surface area contributed by atoms with Gasteiger partial charge >= 0.3 is 0 Å². The van der Waals surface area contributed by atoms with Crippen molar-refractivity contribution in [2.75, 3.05) is 38.0 Å². The van der Waals surface area contributed by atoms with Gasteiger partial charge in [0.25, 0.3) is 0 Å². The van der Waals surface area contributed by atoms with Crippen molar-refractivity contribution in [1.82, 2.24) is 9.80 Å². The number of nitrogens with one attached hydrogen (secondary N) is 1. The zero-order valence-electron chi connectivity index (χ0n) is 16.1. The molecule has 0 saturated carbocycles. The van der Waals surface area contributed by atoms with Crippen LogP contribution in [0, 0.1) is 11.3 Å². The number of rotatable bonds is 5. The maximum atomic E-state index is 12.6. The first-order valence-electron chi connectivity index (χ1n) is 10.1. The van der Waals surface area contributed by atoms with Crippen molar-refractivity contribution >= 4 is 22.2 Å². The van der Waals surface area contributed by atoms with Crippen LogP contribution in [0.4, 0.5) is 5.00 Å². The van der Waals surface area contributed by atoms with E-state index in [0.29, 0.717) is 12.1 Å². The molecule has 4 rings (SSSR count). The number of hydrogen-bond donors (Lipinski definition) is 1. The lowest BCUT2D eigenvalue weighted by molar-refractivity contribution is -0.117. The van der Waals surface area contributed by atoms with E-state index in [2.05, 4.69) is 45.5 Å². The molecule has 0 unspecified atom stereocenters. The Morgan fingerprint density at radius 3 is 2.54 bits per heavy atom. The molecule has 2 aromatic rings. The number of thiophene rings is 1. The number of carbonyl (C=O) groups is 1. The maximum absolute atomic E-state index is 12.6. The lowest BCUT2D eigenvalue weighted by Gasteiger charge is -2.34. The van der Waals surface area contributed by atoms with Gasteiger partial charge in [0.1, 0.15) is 11.1 Å². The summed E-state index contributed by atoms with van der Waals surface area (Å²) >= 11 is 1.60. The molecule has 146 valence electrons. The topological polar surface area (TPSA) is 59.4 Å². The Labute approximate surface area is 170 Å². The first-order chi connectivity index (χ1) is 13.7. The minimum Gasteiger partial charge on any atom is -0.315 e. The van der Waals surface area contributed by atoms with E-state index in [1.807, 2.05) is 6.07 Å². The first-order valence-corrected chi connectivity index (χ1v) is 10.9. The fourth-order valence-electron chi connectivity index (χ4n) is 4.09. The lowest BCUT2D eigenvalue weighted by Crippen LogP contribution is -2.48. The van der Waals surface area contributed by atoms with Gasteiger partial charge in [-0.15, -0.1) is 11.3 Å². The summed E-state index contributed by atoms with van der Waals surface area (Å²) in [5.74, 6) is -0.00777. The smallest absolute Gasteiger partial charge is 0.239 e. The fraction of sp³-hybridized carbons (Fsp3) is 0.455. The van der Waals surface area contributed by atoms with E-state index in [4.69, 9.17) is 0 Å². The Hall–Kier alpha value is -2.20. The maximum Gasteiger partial charge on any atom is 0.239 e. The Kier molecular flexibility index (Phi) is 6.06. The molecule has 2 aliphatic rings. The Balaban J connectivity index is 1.28. The van der Waals surface area contributed by atoms with E-state index in [0.717, 1.165) is 57.0 Å². The molecule has 1 aliphatic heterocycles. The van der Waals surface area contributed by atoms with Crippen LogP contribution in [0.5, 0.6) is 0 Å². The van der Waals surface area contributed by atoms with Gasteiger partial charge in [-0.1, -0.05) is 30.3 Å². The lowest BCUT2D eigenvalue weighted by atomic mass is 9.96. The van der Waals surface area contributed by atoms with Gasteiger partial charge in [-0.25, -0.2) is 0 Å². The number of anilines is 1. The Morgan fingerprint density at radius 1 is 1.07 bits per heavy atom. The highest BCUT2D eigenvalue weighted by molar-refractivity contribution is 7.16. The van der Waals surface area contributed by atoms with E-state index < -0.39 is 0 Å². The number of nitriles is 1. The third-order valence-electron chi connectivity index (χ3n) is 5.62. The number of carbonyl (C=O) groups excluding carboxylic acids is 1. The van der Waals surface area contributed by atoms with Gasteiger partial charge < -0.3 is 5.32 Å². The van der Waals surface area contributed by atoms with Crippen LogP contribution >= 0.6 is 11.3 Å². The molecule has 6 heteroatoms. The van der Waals surface area contributed by atoms with Crippen LogP contribution in [-0.2, 0) is 24.2 Å². The van der Waals surface area contributed by atoms with Gasteiger partial charge in [0.05, 0.1) is 12.1 Å². The molecule has 1 aromatic heterocycles. The number of hydrogen-bond acceptors (Lipinski definition) is 5. The Morgan fingerprint density at radius 2 is 1.79 bits per heavy atom. The molecular weight excluding hydrogens is 368 g/mol. The zero-order valence-corrected chi connectivity index (χ0v) is 16.9. The van der Waals surface area contributed by atoms with Crippen LogP contribution in [0.25, 0.3) is 0 Å². The van der Waals surface area contributed by atoms with E-state index in [-0.39, 0.29) is 5.91 Å². The zero-order chi connectivity index (χ0) is 19.3. The van der Waals surface area contributed by atoms with E-state index in [9.17, 15) is 10.1 Å². The highest BCUT2D eigenvalue weighted by atomic mass is 32.1. The molecule has 1 amide bonds. The highest BCUT2D eigenvalue weighted by Crippen LogP contribution is 2.37. The monoisotopic (exact) mass is 394 g/mol. The largest absolute Gasteiger partial charge is 0.315 e. The molecule has 0 radical (unpaired) electrons. The van der Waals surface area contributed by atoms with E-state index >= 15 is 0 Å². The van der Waals surface area contributed by atoms with Crippen molar-refractivity contribution in [1.29, 1.82) is 5.26 Å². The number of fused-ring (bicyclic) bond motifs is 1. The van der Waals surface area contributed by atoms with Crippen LogP contribution in [-0.4, -0.2) is 48.4 Å². The van der Waals surface area contributed by atoms with Crippen molar-refractivity contribution < 1.29 is 4.79 Å². The van der Waals surface area contributed by atoms with Crippen LogP contribution in [0.3, 0.4) is 0 Å². The third-order valence-corrected chi connectivity index (χ3v) is 6.82. The molecule has 0 bridgehead atoms.